The molecule has 100 valence electrons. The molecule has 1 aliphatic heterocycles. The predicted octanol–water partition coefficient (Wildman–Crippen LogP) is 3.32. The van der Waals surface area contributed by atoms with E-state index in [0.717, 1.165) is 35.1 Å². The van der Waals surface area contributed by atoms with Gasteiger partial charge in [-0.25, -0.2) is 0 Å². The second-order valence-electron chi connectivity index (χ2n) is 4.89. The number of rotatable bonds is 5. The molecule has 1 heterocycles. The summed E-state index contributed by atoms with van der Waals surface area (Å²) in [5.74, 6) is 1.69. The van der Waals surface area contributed by atoms with Gasteiger partial charge in [0.05, 0.1) is 12.7 Å². The van der Waals surface area contributed by atoms with Crippen molar-refractivity contribution in [1.82, 2.24) is 0 Å². The second kappa shape index (κ2) is 6.18. The number of fused-ring (bicyclic) bond motifs is 1. The SMILES string of the molecule is CC(C)SCC(O)Cc1cc(Cl)cc2c1OCC2. The third-order valence-electron chi connectivity index (χ3n) is 2.90. The summed E-state index contributed by atoms with van der Waals surface area (Å²) in [6, 6.07) is 3.87. The van der Waals surface area contributed by atoms with E-state index in [4.69, 9.17) is 16.3 Å². The van der Waals surface area contributed by atoms with E-state index in [1.807, 2.05) is 12.1 Å². The van der Waals surface area contributed by atoms with Gasteiger partial charge in [-0.3, -0.25) is 0 Å². The van der Waals surface area contributed by atoms with Crippen molar-refractivity contribution in [2.45, 2.75) is 38.0 Å². The minimum Gasteiger partial charge on any atom is -0.493 e. The molecule has 1 aromatic carbocycles. The average molecular weight is 287 g/mol. The van der Waals surface area contributed by atoms with Gasteiger partial charge in [-0.15, -0.1) is 0 Å². The summed E-state index contributed by atoms with van der Waals surface area (Å²) in [5, 5.41) is 11.3. The van der Waals surface area contributed by atoms with Gasteiger partial charge < -0.3 is 9.84 Å². The van der Waals surface area contributed by atoms with E-state index in [1.165, 1.54) is 5.56 Å². The molecule has 2 rings (SSSR count). The van der Waals surface area contributed by atoms with Crippen LogP contribution in [0.5, 0.6) is 5.75 Å². The highest BCUT2D eigenvalue weighted by Gasteiger charge is 2.19. The van der Waals surface area contributed by atoms with E-state index in [9.17, 15) is 5.11 Å². The van der Waals surface area contributed by atoms with Gasteiger partial charge in [0.1, 0.15) is 5.75 Å². The van der Waals surface area contributed by atoms with Crippen LogP contribution in [0.1, 0.15) is 25.0 Å². The van der Waals surface area contributed by atoms with E-state index >= 15 is 0 Å². The van der Waals surface area contributed by atoms with Crippen molar-refractivity contribution < 1.29 is 9.84 Å². The highest BCUT2D eigenvalue weighted by molar-refractivity contribution is 7.99. The standard InChI is InChI=1S/C14H19ClO2S/c1-9(2)18-8-13(16)7-11-6-12(15)5-10-3-4-17-14(10)11/h5-6,9,13,16H,3-4,7-8H2,1-2H3. The Kier molecular flexibility index (Phi) is 4.82. The minimum atomic E-state index is -0.343. The molecule has 1 aliphatic rings. The summed E-state index contributed by atoms with van der Waals surface area (Å²) in [5.41, 5.74) is 2.20. The summed E-state index contributed by atoms with van der Waals surface area (Å²) in [6.45, 7) is 4.99. The van der Waals surface area contributed by atoms with Gasteiger partial charge >= 0.3 is 0 Å². The largest absolute Gasteiger partial charge is 0.493 e. The highest BCUT2D eigenvalue weighted by Crippen LogP contribution is 2.33. The van der Waals surface area contributed by atoms with Crippen molar-refractivity contribution in [1.29, 1.82) is 0 Å². The number of thioether (sulfide) groups is 1. The number of aliphatic hydroxyl groups is 1. The molecular formula is C14H19ClO2S. The third-order valence-corrected chi connectivity index (χ3v) is 4.36. The zero-order chi connectivity index (χ0) is 13.1. The molecule has 0 spiro atoms. The number of aliphatic hydroxyl groups excluding tert-OH is 1. The van der Waals surface area contributed by atoms with Crippen LogP contribution in [0.15, 0.2) is 12.1 Å². The Balaban J connectivity index is 2.05. The lowest BCUT2D eigenvalue weighted by molar-refractivity contribution is 0.198. The van der Waals surface area contributed by atoms with Crippen molar-refractivity contribution in [2.75, 3.05) is 12.4 Å². The number of hydrogen-bond acceptors (Lipinski definition) is 3. The monoisotopic (exact) mass is 286 g/mol. The van der Waals surface area contributed by atoms with Crippen molar-refractivity contribution in [3.05, 3.63) is 28.3 Å². The highest BCUT2D eigenvalue weighted by atomic mass is 35.5. The molecule has 0 fully saturated rings. The molecule has 0 saturated heterocycles. The van der Waals surface area contributed by atoms with Crippen LogP contribution in [-0.4, -0.2) is 28.8 Å². The van der Waals surface area contributed by atoms with Crippen LogP contribution in [0, 0.1) is 0 Å². The number of hydrogen-bond donors (Lipinski definition) is 1. The lowest BCUT2D eigenvalue weighted by Gasteiger charge is -2.14. The van der Waals surface area contributed by atoms with E-state index in [2.05, 4.69) is 13.8 Å². The van der Waals surface area contributed by atoms with Crippen LogP contribution in [0.2, 0.25) is 5.02 Å². The van der Waals surface area contributed by atoms with Gasteiger partial charge in [0, 0.05) is 23.6 Å². The Morgan fingerprint density at radius 1 is 1.44 bits per heavy atom. The van der Waals surface area contributed by atoms with Crippen LogP contribution in [0.3, 0.4) is 0 Å². The molecule has 1 N–H and O–H groups in total. The molecule has 0 radical (unpaired) electrons. The minimum absolute atomic E-state index is 0.343. The molecule has 0 amide bonds. The Morgan fingerprint density at radius 2 is 2.22 bits per heavy atom. The van der Waals surface area contributed by atoms with Gasteiger partial charge in [-0.1, -0.05) is 25.4 Å². The topological polar surface area (TPSA) is 29.5 Å². The lowest BCUT2D eigenvalue weighted by atomic mass is 10.0. The molecule has 0 aromatic heterocycles. The Hall–Kier alpha value is -0.380. The maximum absolute atomic E-state index is 10.1. The summed E-state index contributed by atoms with van der Waals surface area (Å²) in [7, 11) is 0. The first-order chi connectivity index (χ1) is 8.56. The van der Waals surface area contributed by atoms with Crippen LogP contribution in [0.25, 0.3) is 0 Å². The number of benzene rings is 1. The van der Waals surface area contributed by atoms with Crippen molar-refractivity contribution in [2.24, 2.45) is 0 Å². The normalized spacial score (nSPS) is 15.6. The second-order valence-corrected chi connectivity index (χ2v) is 6.94. The molecular weight excluding hydrogens is 268 g/mol. The fourth-order valence-electron chi connectivity index (χ4n) is 2.11. The molecule has 1 atom stereocenters. The van der Waals surface area contributed by atoms with Crippen molar-refractivity contribution in [3.63, 3.8) is 0 Å². The van der Waals surface area contributed by atoms with E-state index in [-0.39, 0.29) is 6.10 Å². The first-order valence-electron chi connectivity index (χ1n) is 6.30. The third kappa shape index (κ3) is 3.56. The van der Waals surface area contributed by atoms with Gasteiger partial charge in [-0.2, -0.15) is 11.8 Å². The molecule has 4 heteroatoms. The maximum Gasteiger partial charge on any atom is 0.126 e. The number of halogens is 1. The Labute approximate surface area is 118 Å². The zero-order valence-electron chi connectivity index (χ0n) is 10.8. The van der Waals surface area contributed by atoms with Crippen molar-refractivity contribution >= 4 is 23.4 Å². The van der Waals surface area contributed by atoms with Crippen molar-refractivity contribution in [3.8, 4) is 5.75 Å². The first kappa shape index (κ1) is 14.0. The molecule has 2 nitrogen and oxygen atoms in total. The fourth-order valence-corrected chi connectivity index (χ4v) is 3.10. The smallest absolute Gasteiger partial charge is 0.126 e. The summed E-state index contributed by atoms with van der Waals surface area (Å²) < 4.78 is 5.63. The Bertz CT molecular complexity index is 421. The first-order valence-corrected chi connectivity index (χ1v) is 7.72. The van der Waals surface area contributed by atoms with E-state index in [1.54, 1.807) is 11.8 Å². The summed E-state index contributed by atoms with van der Waals surface area (Å²) in [4.78, 5) is 0. The molecule has 0 saturated carbocycles. The zero-order valence-corrected chi connectivity index (χ0v) is 12.4. The van der Waals surface area contributed by atoms with E-state index < -0.39 is 0 Å². The quantitative estimate of drug-likeness (QED) is 0.900. The Morgan fingerprint density at radius 3 is 2.94 bits per heavy atom. The van der Waals surface area contributed by atoms with Crippen LogP contribution in [-0.2, 0) is 12.8 Å². The van der Waals surface area contributed by atoms with Gasteiger partial charge in [0.15, 0.2) is 0 Å². The molecule has 0 aliphatic carbocycles. The van der Waals surface area contributed by atoms with Gasteiger partial charge in [0.2, 0.25) is 0 Å². The maximum atomic E-state index is 10.1. The lowest BCUT2D eigenvalue weighted by Crippen LogP contribution is -2.15. The molecule has 1 unspecified atom stereocenters. The van der Waals surface area contributed by atoms with Crippen LogP contribution < -0.4 is 4.74 Å². The van der Waals surface area contributed by atoms with Crippen LogP contribution in [0.4, 0.5) is 0 Å². The summed E-state index contributed by atoms with van der Waals surface area (Å²) >= 11 is 7.87. The van der Waals surface area contributed by atoms with Gasteiger partial charge in [0.25, 0.3) is 0 Å². The molecule has 18 heavy (non-hydrogen) atoms. The molecule has 0 bridgehead atoms. The fraction of sp³-hybridized carbons (Fsp3) is 0.571. The average Bonchev–Trinajstić information content (AvgIpc) is 2.74. The molecule has 1 aromatic rings. The van der Waals surface area contributed by atoms with Gasteiger partial charge in [-0.05, 0) is 28.5 Å². The predicted molar refractivity (Wildman–Crippen MR) is 78.0 cm³/mol. The van der Waals surface area contributed by atoms with E-state index in [0.29, 0.717) is 11.7 Å². The summed E-state index contributed by atoms with van der Waals surface area (Å²) in [6.07, 6.45) is 1.19. The number of ether oxygens (including phenoxy) is 1. The van der Waals surface area contributed by atoms with Crippen LogP contribution >= 0.6 is 23.4 Å².